The van der Waals surface area contributed by atoms with Crippen molar-refractivity contribution in [1.82, 2.24) is 0 Å². The van der Waals surface area contributed by atoms with Crippen LogP contribution in [-0.4, -0.2) is 12.1 Å². The largest absolute Gasteiger partial charge is 0.461 e. The summed E-state index contributed by atoms with van der Waals surface area (Å²) >= 11 is 0. The minimum absolute atomic E-state index is 0.0450. The first-order chi connectivity index (χ1) is 7.27. The second-order valence-corrected chi connectivity index (χ2v) is 5.67. The lowest BCUT2D eigenvalue weighted by Gasteiger charge is -2.53. The Morgan fingerprint density at radius 3 is 3.20 bits per heavy atom. The zero-order valence-corrected chi connectivity index (χ0v) is 9.03. The van der Waals surface area contributed by atoms with E-state index in [9.17, 15) is 4.79 Å². The molecule has 4 fully saturated rings. The number of fused-ring (bicyclic) bond motifs is 2. The van der Waals surface area contributed by atoms with E-state index in [2.05, 4.69) is 13.0 Å². The third-order valence-corrected chi connectivity index (χ3v) is 5.32. The Hall–Kier alpha value is -0.790. The fourth-order valence-corrected chi connectivity index (χ4v) is 4.72. The van der Waals surface area contributed by atoms with Gasteiger partial charge in [-0.05, 0) is 38.0 Å². The number of hydrogen-bond acceptors (Lipinski definition) is 2. The number of allylic oxidation sites excluding steroid dienone is 2. The predicted octanol–water partition coefficient (Wildman–Crippen LogP) is 2.29. The van der Waals surface area contributed by atoms with E-state index in [-0.39, 0.29) is 5.97 Å². The van der Waals surface area contributed by atoms with E-state index in [1.807, 2.05) is 0 Å². The normalized spacial score (nSPS) is 57.7. The van der Waals surface area contributed by atoms with Gasteiger partial charge in [0, 0.05) is 17.8 Å². The van der Waals surface area contributed by atoms with Crippen LogP contribution in [0.25, 0.3) is 0 Å². The fraction of sp³-hybridized carbons (Fsp3) is 0.769. The third kappa shape index (κ3) is 0.745. The summed E-state index contributed by atoms with van der Waals surface area (Å²) in [4.78, 5) is 11.3. The molecule has 5 unspecified atom stereocenters. The van der Waals surface area contributed by atoms with Crippen molar-refractivity contribution in [1.29, 1.82) is 0 Å². The molecule has 1 aliphatic heterocycles. The highest BCUT2D eigenvalue weighted by molar-refractivity contribution is 5.71. The molecule has 0 bridgehead atoms. The molecule has 80 valence electrons. The molecule has 3 saturated carbocycles. The standard InChI is InChI=1S/C13H16O2/c1-2-7-5-8-6-13(8)11(7)9-3-4-10(14)15-12(9)13/h2,8-9,11-12H,3-6H2,1H3/b7-2-. The summed E-state index contributed by atoms with van der Waals surface area (Å²) in [6.07, 6.45) is 6.93. The molecule has 0 aromatic carbocycles. The molecule has 0 aromatic heterocycles. The van der Waals surface area contributed by atoms with Crippen LogP contribution in [-0.2, 0) is 9.53 Å². The van der Waals surface area contributed by atoms with Crippen molar-refractivity contribution in [3.05, 3.63) is 11.6 Å². The highest BCUT2D eigenvalue weighted by Crippen LogP contribution is 2.81. The van der Waals surface area contributed by atoms with E-state index in [1.54, 1.807) is 5.57 Å². The lowest BCUT2D eigenvalue weighted by molar-refractivity contribution is -0.193. The second-order valence-electron chi connectivity index (χ2n) is 5.67. The first kappa shape index (κ1) is 8.37. The zero-order chi connectivity index (χ0) is 10.2. The van der Waals surface area contributed by atoms with Gasteiger partial charge in [0.2, 0.25) is 0 Å². The minimum atomic E-state index is 0.0450. The van der Waals surface area contributed by atoms with Crippen molar-refractivity contribution in [3.8, 4) is 0 Å². The van der Waals surface area contributed by atoms with Crippen molar-refractivity contribution in [2.24, 2.45) is 23.2 Å². The molecule has 0 N–H and O–H groups in total. The highest BCUT2D eigenvalue weighted by atomic mass is 16.5. The van der Waals surface area contributed by atoms with Crippen LogP contribution in [0.3, 0.4) is 0 Å². The van der Waals surface area contributed by atoms with Crippen molar-refractivity contribution in [3.63, 3.8) is 0 Å². The van der Waals surface area contributed by atoms with Crippen molar-refractivity contribution < 1.29 is 9.53 Å². The van der Waals surface area contributed by atoms with Gasteiger partial charge in [0.25, 0.3) is 0 Å². The van der Waals surface area contributed by atoms with Gasteiger partial charge in [-0.25, -0.2) is 0 Å². The van der Waals surface area contributed by atoms with Crippen LogP contribution in [0, 0.1) is 23.2 Å². The van der Waals surface area contributed by atoms with Gasteiger partial charge in [-0.1, -0.05) is 11.6 Å². The van der Waals surface area contributed by atoms with Crippen LogP contribution in [0.2, 0.25) is 0 Å². The van der Waals surface area contributed by atoms with Crippen LogP contribution in [0.15, 0.2) is 11.6 Å². The predicted molar refractivity (Wildman–Crippen MR) is 55.0 cm³/mol. The molecule has 1 saturated heterocycles. The molecule has 4 aliphatic rings. The summed E-state index contributed by atoms with van der Waals surface area (Å²) in [5, 5.41) is 0. The number of hydrogen-bond donors (Lipinski definition) is 0. The Balaban J connectivity index is 1.71. The number of rotatable bonds is 0. The minimum Gasteiger partial charge on any atom is -0.461 e. The molecule has 0 amide bonds. The summed E-state index contributed by atoms with van der Waals surface area (Å²) < 4.78 is 5.57. The molecule has 1 heterocycles. The van der Waals surface area contributed by atoms with Gasteiger partial charge in [-0.2, -0.15) is 0 Å². The van der Waals surface area contributed by atoms with E-state index in [0.717, 1.165) is 18.3 Å². The van der Waals surface area contributed by atoms with E-state index in [1.165, 1.54) is 12.8 Å². The maximum absolute atomic E-state index is 11.3. The van der Waals surface area contributed by atoms with Crippen molar-refractivity contribution >= 4 is 5.97 Å². The number of carbonyl (C=O) groups is 1. The maximum atomic E-state index is 11.3. The van der Waals surface area contributed by atoms with Crippen LogP contribution in [0.4, 0.5) is 0 Å². The third-order valence-electron chi connectivity index (χ3n) is 5.32. The van der Waals surface area contributed by atoms with Crippen LogP contribution in [0.5, 0.6) is 0 Å². The molecule has 2 nitrogen and oxygen atoms in total. The van der Waals surface area contributed by atoms with Crippen molar-refractivity contribution in [2.45, 2.75) is 38.7 Å². The molecule has 5 atom stereocenters. The quantitative estimate of drug-likeness (QED) is 0.447. The fourth-order valence-electron chi connectivity index (χ4n) is 4.72. The van der Waals surface area contributed by atoms with Gasteiger partial charge in [0.15, 0.2) is 0 Å². The van der Waals surface area contributed by atoms with Crippen LogP contribution in [0.1, 0.15) is 32.6 Å². The molecule has 4 rings (SSSR count). The molecule has 3 aliphatic carbocycles. The Bertz CT molecular complexity index is 384. The maximum Gasteiger partial charge on any atom is 0.306 e. The summed E-state index contributed by atoms with van der Waals surface area (Å²) in [5.41, 5.74) is 2.09. The average molecular weight is 204 g/mol. The average Bonchev–Trinajstić information content (AvgIpc) is 2.90. The van der Waals surface area contributed by atoms with Gasteiger partial charge in [0.05, 0.1) is 0 Å². The van der Waals surface area contributed by atoms with Gasteiger partial charge in [-0.3, -0.25) is 4.79 Å². The Kier molecular flexibility index (Phi) is 1.29. The van der Waals surface area contributed by atoms with Crippen molar-refractivity contribution in [2.75, 3.05) is 0 Å². The van der Waals surface area contributed by atoms with E-state index < -0.39 is 0 Å². The highest BCUT2D eigenvalue weighted by Gasteiger charge is 2.79. The summed E-state index contributed by atoms with van der Waals surface area (Å²) in [6, 6.07) is 0. The number of esters is 1. The summed E-state index contributed by atoms with van der Waals surface area (Å²) in [7, 11) is 0. The molecular weight excluding hydrogens is 188 g/mol. The number of carbonyl (C=O) groups excluding carboxylic acids is 1. The summed E-state index contributed by atoms with van der Waals surface area (Å²) in [5.74, 6) is 2.34. The zero-order valence-electron chi connectivity index (χ0n) is 9.03. The summed E-state index contributed by atoms with van der Waals surface area (Å²) in [6.45, 7) is 2.16. The van der Waals surface area contributed by atoms with Gasteiger partial charge in [0.1, 0.15) is 6.10 Å². The SMILES string of the molecule is C/C=C1/CC2CC23C2OC(=O)CCC2C13. The Morgan fingerprint density at radius 1 is 1.53 bits per heavy atom. The molecule has 1 spiro atoms. The second kappa shape index (κ2) is 2.31. The number of ether oxygens (including phenoxy) is 1. The van der Waals surface area contributed by atoms with Gasteiger partial charge >= 0.3 is 5.97 Å². The van der Waals surface area contributed by atoms with E-state index in [0.29, 0.717) is 23.9 Å². The molecular formula is C13H16O2. The monoisotopic (exact) mass is 204 g/mol. The Labute approximate surface area is 89.7 Å². The molecule has 2 heteroatoms. The molecule has 0 aromatic rings. The smallest absolute Gasteiger partial charge is 0.306 e. The topological polar surface area (TPSA) is 26.3 Å². The van der Waals surface area contributed by atoms with Crippen LogP contribution < -0.4 is 0 Å². The Morgan fingerprint density at radius 2 is 2.40 bits per heavy atom. The van der Waals surface area contributed by atoms with Gasteiger partial charge in [-0.15, -0.1) is 0 Å². The van der Waals surface area contributed by atoms with Crippen LogP contribution >= 0.6 is 0 Å². The molecule has 0 radical (unpaired) electrons. The lowest BCUT2D eigenvalue weighted by atomic mass is 9.56. The van der Waals surface area contributed by atoms with E-state index in [4.69, 9.17) is 4.74 Å². The van der Waals surface area contributed by atoms with Gasteiger partial charge < -0.3 is 4.74 Å². The first-order valence-corrected chi connectivity index (χ1v) is 6.12. The van der Waals surface area contributed by atoms with E-state index >= 15 is 0 Å². The molecule has 15 heavy (non-hydrogen) atoms. The lowest BCUT2D eigenvalue weighted by Crippen LogP contribution is -2.57. The first-order valence-electron chi connectivity index (χ1n) is 6.12.